The van der Waals surface area contributed by atoms with Crippen molar-refractivity contribution in [3.63, 3.8) is 0 Å². The van der Waals surface area contributed by atoms with Gasteiger partial charge in [-0.05, 0) is 43.4 Å². The van der Waals surface area contributed by atoms with Gasteiger partial charge in [0.1, 0.15) is 0 Å². The van der Waals surface area contributed by atoms with Crippen LogP contribution in [0.15, 0.2) is 29.6 Å². The fourth-order valence-electron chi connectivity index (χ4n) is 3.23. The van der Waals surface area contributed by atoms with Gasteiger partial charge < -0.3 is 14.9 Å². The van der Waals surface area contributed by atoms with Crippen LogP contribution in [0.3, 0.4) is 0 Å². The molecule has 2 aromatic rings. The van der Waals surface area contributed by atoms with Crippen molar-refractivity contribution in [1.82, 2.24) is 4.90 Å². The molecular formula is C19H22N5O8S-. The molecule has 14 heteroatoms. The molecule has 1 aliphatic heterocycles. The van der Waals surface area contributed by atoms with Crippen LogP contribution < -0.4 is 10.0 Å². The summed E-state index contributed by atoms with van der Waals surface area (Å²) in [6.45, 7) is 5.84. The van der Waals surface area contributed by atoms with E-state index >= 15 is 0 Å². The van der Waals surface area contributed by atoms with Crippen LogP contribution >= 0.6 is 11.3 Å². The standard InChI is InChI=1S/C13H20N2OS.C6H3N3O7/c1-12(16)15(13-6-5-11-17-13)10-9-14-7-3-2-4-8-14;10-6-4(8(13)14)1-3(7(11)12)2-5(6)9(15)16/h5-6,11H,2-4,7-10H2,1H3;1-2,10H/p-1. The van der Waals surface area contributed by atoms with E-state index in [-0.39, 0.29) is 5.91 Å². The number of rotatable bonds is 7. The molecule has 33 heavy (non-hydrogen) atoms. The lowest BCUT2D eigenvalue weighted by Crippen LogP contribution is -2.39. The maximum Gasteiger partial charge on any atom is 0.283 e. The van der Waals surface area contributed by atoms with E-state index in [2.05, 4.69) is 4.90 Å². The third-order valence-corrected chi connectivity index (χ3v) is 5.77. The van der Waals surface area contributed by atoms with Crippen molar-refractivity contribution in [2.45, 2.75) is 26.2 Å². The molecular weight excluding hydrogens is 458 g/mol. The zero-order valence-electron chi connectivity index (χ0n) is 17.7. The Bertz CT molecular complexity index is 973. The summed E-state index contributed by atoms with van der Waals surface area (Å²) in [6, 6.07) is 4.78. The lowest BCUT2D eigenvalue weighted by atomic mass is 10.1. The SMILES string of the molecule is CC(=O)N(CCN1CCCCC1)c1cccs1.O=[N+]([O-])c1cc([N+](=O)[O-])c([O-])c([N+](=O)[O-])c1. The number of nitro benzene ring substituents is 3. The molecule has 1 saturated heterocycles. The van der Waals surface area contributed by atoms with Crippen LogP contribution in [-0.2, 0) is 4.79 Å². The molecule has 0 unspecified atom stereocenters. The Morgan fingerprint density at radius 3 is 2.03 bits per heavy atom. The fraction of sp³-hybridized carbons (Fsp3) is 0.421. The molecule has 1 aromatic carbocycles. The molecule has 13 nitrogen and oxygen atoms in total. The number of piperidine rings is 1. The van der Waals surface area contributed by atoms with E-state index < -0.39 is 37.6 Å². The molecule has 178 valence electrons. The highest BCUT2D eigenvalue weighted by Crippen LogP contribution is 2.36. The highest BCUT2D eigenvalue weighted by atomic mass is 32.1. The Hall–Kier alpha value is -3.65. The molecule has 3 rings (SSSR count). The van der Waals surface area contributed by atoms with Gasteiger partial charge in [-0.1, -0.05) is 6.42 Å². The number of benzene rings is 1. The average molecular weight is 480 g/mol. The summed E-state index contributed by atoms with van der Waals surface area (Å²) in [5.74, 6) is -1.31. The van der Waals surface area contributed by atoms with Crippen molar-refractivity contribution in [1.29, 1.82) is 0 Å². The zero-order valence-corrected chi connectivity index (χ0v) is 18.6. The summed E-state index contributed by atoms with van der Waals surface area (Å²) < 4.78 is 0. The number of amides is 1. The van der Waals surface area contributed by atoms with Gasteiger partial charge in [-0.3, -0.25) is 35.1 Å². The topological polar surface area (TPSA) is 176 Å². The maximum atomic E-state index is 11.6. The Kier molecular flexibility index (Phi) is 9.18. The molecule has 1 aromatic heterocycles. The monoisotopic (exact) mass is 480 g/mol. The zero-order chi connectivity index (χ0) is 24.5. The Balaban J connectivity index is 0.000000234. The van der Waals surface area contributed by atoms with E-state index in [0.29, 0.717) is 12.1 Å². The van der Waals surface area contributed by atoms with Gasteiger partial charge in [-0.2, -0.15) is 0 Å². The molecule has 1 fully saturated rings. The number of non-ortho nitro benzene ring substituents is 1. The van der Waals surface area contributed by atoms with E-state index in [4.69, 9.17) is 0 Å². The number of nitrogens with zero attached hydrogens (tertiary/aromatic N) is 5. The quantitative estimate of drug-likeness (QED) is 0.425. The average Bonchev–Trinajstić information content (AvgIpc) is 3.29. The predicted molar refractivity (Wildman–Crippen MR) is 118 cm³/mol. The Labute approximate surface area is 192 Å². The van der Waals surface area contributed by atoms with Crippen molar-refractivity contribution in [3.05, 3.63) is 60.0 Å². The van der Waals surface area contributed by atoms with Crippen molar-refractivity contribution < 1.29 is 24.7 Å². The van der Waals surface area contributed by atoms with Crippen molar-refractivity contribution in [2.24, 2.45) is 0 Å². The van der Waals surface area contributed by atoms with Crippen LogP contribution in [0.2, 0.25) is 0 Å². The van der Waals surface area contributed by atoms with Crippen molar-refractivity contribution >= 4 is 39.3 Å². The van der Waals surface area contributed by atoms with Crippen LogP contribution in [0.1, 0.15) is 26.2 Å². The lowest BCUT2D eigenvalue weighted by molar-refractivity contribution is -0.420. The number of nitro groups is 3. The molecule has 0 spiro atoms. The first-order chi connectivity index (χ1) is 15.6. The summed E-state index contributed by atoms with van der Waals surface area (Å²) in [4.78, 5) is 43.5. The van der Waals surface area contributed by atoms with E-state index in [1.807, 2.05) is 22.4 Å². The number of hydrogen-bond acceptors (Lipinski definition) is 10. The second kappa shape index (κ2) is 11.8. The highest BCUT2D eigenvalue weighted by molar-refractivity contribution is 7.14. The van der Waals surface area contributed by atoms with E-state index in [0.717, 1.165) is 18.1 Å². The number of thiophene rings is 1. The van der Waals surface area contributed by atoms with Crippen LogP contribution in [0.5, 0.6) is 5.75 Å². The first kappa shape index (κ1) is 25.6. The van der Waals surface area contributed by atoms with Gasteiger partial charge in [-0.15, -0.1) is 11.3 Å². The van der Waals surface area contributed by atoms with Gasteiger partial charge in [0.2, 0.25) is 5.91 Å². The summed E-state index contributed by atoms with van der Waals surface area (Å²) >= 11 is 1.63. The Morgan fingerprint density at radius 1 is 1.03 bits per heavy atom. The number of carbonyl (C=O) groups excluding carboxylic acids is 1. The number of likely N-dealkylation sites (tertiary alicyclic amines) is 1. The van der Waals surface area contributed by atoms with Gasteiger partial charge in [0.15, 0.2) is 0 Å². The van der Waals surface area contributed by atoms with Gasteiger partial charge in [0.25, 0.3) is 17.1 Å². The van der Waals surface area contributed by atoms with Gasteiger partial charge in [-0.25, -0.2) is 0 Å². The van der Waals surface area contributed by atoms with Crippen LogP contribution in [-0.4, -0.2) is 51.8 Å². The minimum absolute atomic E-state index is 0.143. The molecule has 0 bridgehead atoms. The molecule has 0 saturated carbocycles. The molecule has 0 radical (unpaired) electrons. The first-order valence-corrected chi connectivity index (χ1v) is 10.8. The number of hydrogen-bond donors (Lipinski definition) is 0. The maximum absolute atomic E-state index is 11.6. The van der Waals surface area contributed by atoms with E-state index in [1.54, 1.807) is 18.3 Å². The summed E-state index contributed by atoms with van der Waals surface area (Å²) in [6.07, 6.45) is 3.97. The molecule has 0 N–H and O–H groups in total. The third-order valence-electron chi connectivity index (χ3n) is 4.88. The van der Waals surface area contributed by atoms with Crippen molar-refractivity contribution in [3.8, 4) is 5.75 Å². The molecule has 1 aliphatic rings. The van der Waals surface area contributed by atoms with Gasteiger partial charge >= 0.3 is 0 Å². The highest BCUT2D eigenvalue weighted by Gasteiger charge is 2.24. The smallest absolute Gasteiger partial charge is 0.283 e. The molecule has 2 heterocycles. The number of carbonyl (C=O) groups is 1. The minimum Gasteiger partial charge on any atom is -0.863 e. The minimum atomic E-state index is -1.46. The largest absolute Gasteiger partial charge is 0.863 e. The molecule has 1 amide bonds. The van der Waals surface area contributed by atoms with Crippen LogP contribution in [0.25, 0.3) is 0 Å². The van der Waals surface area contributed by atoms with E-state index in [1.165, 1.54) is 32.4 Å². The summed E-state index contributed by atoms with van der Waals surface area (Å²) in [7, 11) is 0. The molecule has 0 aliphatic carbocycles. The fourth-order valence-corrected chi connectivity index (χ4v) is 4.03. The van der Waals surface area contributed by atoms with Crippen LogP contribution in [0, 0.1) is 30.3 Å². The normalized spacial score (nSPS) is 13.5. The van der Waals surface area contributed by atoms with Crippen molar-refractivity contribution in [2.75, 3.05) is 31.1 Å². The van der Waals surface area contributed by atoms with Gasteiger partial charge in [0.05, 0.1) is 37.7 Å². The first-order valence-electron chi connectivity index (χ1n) is 9.94. The lowest BCUT2D eigenvalue weighted by Gasteiger charge is -2.29. The Morgan fingerprint density at radius 2 is 1.61 bits per heavy atom. The number of anilines is 1. The van der Waals surface area contributed by atoms with Crippen LogP contribution in [0.4, 0.5) is 22.1 Å². The molecule has 0 atom stereocenters. The summed E-state index contributed by atoms with van der Waals surface area (Å²) in [5, 5.41) is 45.2. The predicted octanol–water partition coefficient (Wildman–Crippen LogP) is 3.07. The third kappa shape index (κ3) is 7.18. The van der Waals surface area contributed by atoms with E-state index in [9.17, 15) is 40.2 Å². The summed E-state index contributed by atoms with van der Waals surface area (Å²) in [5.41, 5.74) is -3.26. The van der Waals surface area contributed by atoms with Gasteiger partial charge in [0, 0.05) is 20.0 Å². The second-order valence-corrected chi connectivity index (χ2v) is 8.03. The second-order valence-electron chi connectivity index (χ2n) is 7.11.